The highest BCUT2D eigenvalue weighted by atomic mass is 32.1. The Morgan fingerprint density at radius 1 is 1.03 bits per heavy atom. The molecule has 168 valence electrons. The molecule has 0 bridgehead atoms. The SMILES string of the molecule is CCN1CCN([C@H](c2ccc(F)cc2)c2c(NC(=O)c3ccccc3)sc(C)c2C)CC1. The highest BCUT2D eigenvalue weighted by Crippen LogP contribution is 2.42. The quantitative estimate of drug-likeness (QED) is 0.539. The number of halogens is 1. The van der Waals surface area contributed by atoms with E-state index in [-0.39, 0.29) is 17.8 Å². The van der Waals surface area contributed by atoms with Crippen molar-refractivity contribution in [3.63, 3.8) is 0 Å². The molecule has 1 aliphatic heterocycles. The Bertz CT molecular complexity index is 1060. The minimum absolute atomic E-state index is 0.0365. The van der Waals surface area contributed by atoms with Gasteiger partial charge in [0.2, 0.25) is 0 Å². The summed E-state index contributed by atoms with van der Waals surface area (Å²) in [7, 11) is 0. The summed E-state index contributed by atoms with van der Waals surface area (Å²) in [5.74, 6) is -0.346. The van der Waals surface area contributed by atoms with Crippen LogP contribution in [0.15, 0.2) is 54.6 Å². The second-order valence-electron chi connectivity index (χ2n) is 8.27. The second kappa shape index (κ2) is 9.94. The summed E-state index contributed by atoms with van der Waals surface area (Å²) in [6.45, 7) is 11.3. The van der Waals surface area contributed by atoms with Crippen molar-refractivity contribution in [3.05, 3.63) is 87.5 Å². The van der Waals surface area contributed by atoms with Crippen LogP contribution in [0, 0.1) is 19.7 Å². The molecule has 1 N–H and O–H groups in total. The van der Waals surface area contributed by atoms with Gasteiger partial charge in [0.15, 0.2) is 0 Å². The van der Waals surface area contributed by atoms with Crippen LogP contribution < -0.4 is 5.32 Å². The van der Waals surface area contributed by atoms with Gasteiger partial charge >= 0.3 is 0 Å². The number of amides is 1. The van der Waals surface area contributed by atoms with Crippen LogP contribution in [-0.2, 0) is 0 Å². The summed E-state index contributed by atoms with van der Waals surface area (Å²) in [6.07, 6.45) is 0. The number of hydrogen-bond acceptors (Lipinski definition) is 4. The fraction of sp³-hybridized carbons (Fsp3) is 0.346. The molecule has 2 heterocycles. The van der Waals surface area contributed by atoms with Gasteiger partial charge in [-0.15, -0.1) is 11.3 Å². The number of nitrogens with one attached hydrogen (secondary N) is 1. The summed E-state index contributed by atoms with van der Waals surface area (Å²) in [5.41, 5.74) is 3.99. The number of carbonyl (C=O) groups excluding carboxylic acids is 1. The summed E-state index contributed by atoms with van der Waals surface area (Å²) < 4.78 is 13.7. The molecular formula is C26H30FN3OS. The van der Waals surface area contributed by atoms with Gasteiger partial charge < -0.3 is 10.2 Å². The van der Waals surface area contributed by atoms with Crippen molar-refractivity contribution >= 4 is 22.2 Å². The van der Waals surface area contributed by atoms with E-state index in [0.717, 1.165) is 48.9 Å². The van der Waals surface area contributed by atoms with E-state index in [1.54, 1.807) is 11.3 Å². The van der Waals surface area contributed by atoms with Gasteiger partial charge in [-0.3, -0.25) is 9.69 Å². The van der Waals surface area contributed by atoms with Crippen molar-refractivity contribution in [1.29, 1.82) is 0 Å². The molecule has 0 saturated carbocycles. The van der Waals surface area contributed by atoms with Gasteiger partial charge in [-0.1, -0.05) is 37.3 Å². The van der Waals surface area contributed by atoms with Gasteiger partial charge in [-0.2, -0.15) is 0 Å². The molecule has 4 rings (SSSR count). The Kier molecular flexibility index (Phi) is 7.04. The van der Waals surface area contributed by atoms with E-state index in [4.69, 9.17) is 0 Å². The first-order chi connectivity index (χ1) is 15.5. The number of nitrogens with zero attached hydrogens (tertiary/aromatic N) is 2. The number of aryl methyl sites for hydroxylation is 1. The lowest BCUT2D eigenvalue weighted by Gasteiger charge is -2.39. The molecule has 32 heavy (non-hydrogen) atoms. The number of piperazine rings is 1. The average Bonchev–Trinajstić information content (AvgIpc) is 3.09. The molecule has 1 atom stereocenters. The van der Waals surface area contributed by atoms with Crippen molar-refractivity contribution in [2.24, 2.45) is 0 Å². The van der Waals surface area contributed by atoms with Gasteiger partial charge in [-0.25, -0.2) is 4.39 Å². The van der Waals surface area contributed by atoms with Gasteiger partial charge in [0.1, 0.15) is 10.8 Å². The molecule has 1 amide bonds. The van der Waals surface area contributed by atoms with Gasteiger partial charge in [0.25, 0.3) is 5.91 Å². The highest BCUT2D eigenvalue weighted by Gasteiger charge is 2.31. The Labute approximate surface area is 193 Å². The Morgan fingerprint density at radius 3 is 2.31 bits per heavy atom. The van der Waals surface area contributed by atoms with Gasteiger partial charge in [-0.05, 0) is 55.8 Å². The minimum Gasteiger partial charge on any atom is -0.313 e. The third-order valence-corrected chi connectivity index (χ3v) is 7.51. The van der Waals surface area contributed by atoms with Gasteiger partial charge in [0.05, 0.1) is 6.04 Å². The topological polar surface area (TPSA) is 35.6 Å². The lowest BCUT2D eigenvalue weighted by molar-refractivity contribution is 0.102. The molecule has 2 aromatic carbocycles. The number of thiophene rings is 1. The fourth-order valence-electron chi connectivity index (χ4n) is 4.37. The molecule has 1 aromatic heterocycles. The maximum atomic E-state index is 13.7. The van der Waals surface area contributed by atoms with Crippen LogP contribution in [0.25, 0.3) is 0 Å². The zero-order valence-electron chi connectivity index (χ0n) is 18.9. The van der Waals surface area contributed by atoms with Crippen molar-refractivity contribution < 1.29 is 9.18 Å². The summed E-state index contributed by atoms with van der Waals surface area (Å²) in [6, 6.07) is 16.1. The molecular weight excluding hydrogens is 421 g/mol. The van der Waals surface area contributed by atoms with E-state index in [1.807, 2.05) is 42.5 Å². The van der Waals surface area contributed by atoms with E-state index >= 15 is 0 Å². The average molecular weight is 452 g/mol. The summed E-state index contributed by atoms with van der Waals surface area (Å²) in [4.78, 5) is 19.1. The normalized spacial score (nSPS) is 16.1. The van der Waals surface area contributed by atoms with Crippen molar-refractivity contribution in [2.45, 2.75) is 26.8 Å². The van der Waals surface area contributed by atoms with Crippen LogP contribution in [0.1, 0.15) is 44.9 Å². The zero-order chi connectivity index (χ0) is 22.7. The molecule has 6 heteroatoms. The molecule has 4 nitrogen and oxygen atoms in total. The predicted octanol–water partition coefficient (Wildman–Crippen LogP) is 5.48. The number of likely N-dealkylation sites (N-methyl/N-ethyl adjacent to an activating group) is 1. The zero-order valence-corrected chi connectivity index (χ0v) is 19.7. The first-order valence-corrected chi connectivity index (χ1v) is 12.0. The van der Waals surface area contributed by atoms with E-state index in [1.165, 1.54) is 22.6 Å². The van der Waals surface area contributed by atoms with E-state index in [0.29, 0.717) is 5.56 Å². The maximum Gasteiger partial charge on any atom is 0.256 e. The van der Waals surface area contributed by atoms with Gasteiger partial charge in [0, 0.05) is 42.2 Å². The largest absolute Gasteiger partial charge is 0.313 e. The number of anilines is 1. The Balaban J connectivity index is 1.73. The third-order valence-electron chi connectivity index (χ3n) is 6.37. The smallest absolute Gasteiger partial charge is 0.256 e. The molecule has 0 spiro atoms. The molecule has 0 radical (unpaired) electrons. The summed E-state index contributed by atoms with van der Waals surface area (Å²) in [5, 5.41) is 4.05. The van der Waals surface area contributed by atoms with E-state index in [9.17, 15) is 9.18 Å². The monoisotopic (exact) mass is 451 g/mol. The molecule has 1 fully saturated rings. The Hall–Kier alpha value is -2.54. The van der Waals surface area contributed by atoms with Crippen LogP contribution in [0.2, 0.25) is 0 Å². The number of carbonyl (C=O) groups is 1. The van der Waals surface area contributed by atoms with Crippen LogP contribution in [0.4, 0.5) is 9.39 Å². The molecule has 0 aliphatic carbocycles. The molecule has 3 aromatic rings. The van der Waals surface area contributed by atoms with Crippen LogP contribution in [0.3, 0.4) is 0 Å². The number of benzene rings is 2. The third kappa shape index (κ3) is 4.77. The standard InChI is InChI=1S/C26H30FN3OS/c1-4-29-14-16-30(17-15-29)24(20-10-12-22(27)13-11-20)23-18(2)19(3)32-26(23)28-25(31)21-8-6-5-7-9-21/h5-13,24H,4,14-17H2,1-3H3,(H,28,31)/t24-/m1/s1. The molecule has 0 unspecified atom stereocenters. The van der Waals surface area contributed by atoms with E-state index < -0.39 is 0 Å². The summed E-state index contributed by atoms with van der Waals surface area (Å²) >= 11 is 1.62. The van der Waals surface area contributed by atoms with E-state index in [2.05, 4.69) is 35.9 Å². The van der Waals surface area contributed by atoms with Crippen molar-refractivity contribution in [2.75, 3.05) is 38.0 Å². The lowest BCUT2D eigenvalue weighted by atomic mass is 9.94. The molecule has 1 aliphatic rings. The van der Waals surface area contributed by atoms with Crippen molar-refractivity contribution in [1.82, 2.24) is 9.80 Å². The minimum atomic E-state index is -0.237. The second-order valence-corrected chi connectivity index (χ2v) is 9.50. The van der Waals surface area contributed by atoms with Crippen LogP contribution >= 0.6 is 11.3 Å². The lowest BCUT2D eigenvalue weighted by Crippen LogP contribution is -2.47. The highest BCUT2D eigenvalue weighted by molar-refractivity contribution is 7.16. The van der Waals surface area contributed by atoms with Crippen molar-refractivity contribution in [3.8, 4) is 0 Å². The fourth-order valence-corrected chi connectivity index (χ4v) is 5.46. The first kappa shape index (κ1) is 22.6. The molecule has 1 saturated heterocycles. The predicted molar refractivity (Wildman–Crippen MR) is 130 cm³/mol. The Morgan fingerprint density at radius 2 is 1.69 bits per heavy atom. The van der Waals surface area contributed by atoms with Crippen LogP contribution in [-0.4, -0.2) is 48.4 Å². The number of hydrogen-bond donors (Lipinski definition) is 1. The number of rotatable bonds is 6. The maximum absolute atomic E-state index is 13.7. The van der Waals surface area contributed by atoms with Crippen LogP contribution in [0.5, 0.6) is 0 Å². The first-order valence-electron chi connectivity index (χ1n) is 11.2.